The molecular formula is C10H19NO5S. The van der Waals surface area contributed by atoms with Crippen molar-refractivity contribution in [3.05, 3.63) is 11.8 Å². The van der Waals surface area contributed by atoms with E-state index >= 15 is 0 Å². The Morgan fingerprint density at radius 3 is 2.12 bits per heavy atom. The third kappa shape index (κ3) is 8.84. The molecule has 1 aliphatic rings. The van der Waals surface area contributed by atoms with Crippen LogP contribution in [0.2, 0.25) is 0 Å². The fourth-order valence-electron chi connectivity index (χ4n) is 1.46. The van der Waals surface area contributed by atoms with Gasteiger partial charge in [0.1, 0.15) is 0 Å². The van der Waals surface area contributed by atoms with Gasteiger partial charge in [0.2, 0.25) is 5.91 Å². The summed E-state index contributed by atoms with van der Waals surface area (Å²) >= 11 is 0. The smallest absolute Gasteiger partial charge is 0.319 e. The van der Waals surface area contributed by atoms with Crippen LogP contribution in [0.3, 0.4) is 0 Å². The maximum atomic E-state index is 11.2. The Morgan fingerprint density at radius 2 is 1.82 bits per heavy atom. The predicted molar refractivity (Wildman–Crippen MR) is 63.8 cm³/mol. The summed E-state index contributed by atoms with van der Waals surface area (Å²) in [5, 5.41) is 0. The Balaban J connectivity index is 0.000000437. The second-order valence-corrected chi connectivity index (χ2v) is 4.53. The molecule has 0 aromatic heterocycles. The standard InChI is InChI=1S/C10H17NO.H2O4S/c1-3-9(4-2)8-11-7-5-6-10(11)12;1-5(2,3)4/h8H,3-7H2,1-2H3;(H2,1,2,3,4). The summed E-state index contributed by atoms with van der Waals surface area (Å²) in [5.41, 5.74) is 1.37. The SMILES string of the molecule is CCC(=CN1CCCC1=O)CC.O=S(=O)(O)O. The molecule has 0 spiro atoms. The Hall–Kier alpha value is -0.920. The van der Waals surface area contributed by atoms with Gasteiger partial charge in [0.25, 0.3) is 0 Å². The minimum absolute atomic E-state index is 0.286. The first kappa shape index (κ1) is 16.1. The van der Waals surface area contributed by atoms with Gasteiger partial charge in [-0.05, 0) is 19.3 Å². The molecule has 0 radical (unpaired) electrons. The number of nitrogens with zero attached hydrogens (tertiary/aromatic N) is 1. The number of amides is 1. The highest BCUT2D eigenvalue weighted by molar-refractivity contribution is 7.79. The number of hydrogen-bond acceptors (Lipinski definition) is 3. The quantitative estimate of drug-likeness (QED) is 0.757. The predicted octanol–water partition coefficient (Wildman–Crippen LogP) is 1.66. The zero-order valence-corrected chi connectivity index (χ0v) is 10.9. The molecule has 1 saturated heterocycles. The van der Waals surface area contributed by atoms with Crippen molar-refractivity contribution in [3.63, 3.8) is 0 Å². The first-order valence-electron chi connectivity index (χ1n) is 5.46. The summed E-state index contributed by atoms with van der Waals surface area (Å²) < 4.78 is 31.6. The molecule has 1 heterocycles. The average Bonchev–Trinajstić information content (AvgIpc) is 2.58. The van der Waals surface area contributed by atoms with Crippen LogP contribution >= 0.6 is 0 Å². The second kappa shape index (κ2) is 7.41. The van der Waals surface area contributed by atoms with Crippen molar-refractivity contribution in [2.45, 2.75) is 39.5 Å². The zero-order chi connectivity index (χ0) is 13.5. The monoisotopic (exact) mass is 265 g/mol. The molecule has 2 N–H and O–H groups in total. The van der Waals surface area contributed by atoms with E-state index in [0.717, 1.165) is 32.2 Å². The molecule has 0 atom stereocenters. The first-order chi connectivity index (χ1) is 7.77. The third-order valence-corrected chi connectivity index (χ3v) is 2.36. The largest absolute Gasteiger partial charge is 0.394 e. The maximum absolute atomic E-state index is 11.2. The van der Waals surface area contributed by atoms with Gasteiger partial charge in [-0.15, -0.1) is 0 Å². The van der Waals surface area contributed by atoms with Crippen molar-refractivity contribution >= 4 is 16.3 Å². The number of carbonyl (C=O) groups is 1. The number of allylic oxidation sites excluding steroid dienone is 1. The molecule has 1 amide bonds. The summed E-state index contributed by atoms with van der Waals surface area (Å²) in [6, 6.07) is 0. The van der Waals surface area contributed by atoms with E-state index in [2.05, 4.69) is 13.8 Å². The van der Waals surface area contributed by atoms with E-state index in [-0.39, 0.29) is 5.91 Å². The molecule has 0 bridgehead atoms. The molecule has 0 saturated carbocycles. The van der Waals surface area contributed by atoms with Gasteiger partial charge < -0.3 is 4.90 Å². The molecule has 1 rings (SSSR count). The Kier molecular flexibility index (Phi) is 7.01. The van der Waals surface area contributed by atoms with Gasteiger partial charge in [-0.25, -0.2) is 0 Å². The van der Waals surface area contributed by atoms with Crippen LogP contribution in [-0.4, -0.2) is 34.9 Å². The van der Waals surface area contributed by atoms with Gasteiger partial charge in [-0.2, -0.15) is 8.42 Å². The second-order valence-electron chi connectivity index (χ2n) is 3.63. The molecular weight excluding hydrogens is 246 g/mol. The number of carbonyl (C=O) groups excluding carboxylic acids is 1. The Bertz CT molecular complexity index is 360. The van der Waals surface area contributed by atoms with E-state index in [9.17, 15) is 4.79 Å². The molecule has 1 aliphatic heterocycles. The number of hydrogen-bond donors (Lipinski definition) is 2. The van der Waals surface area contributed by atoms with Gasteiger partial charge in [0, 0.05) is 19.2 Å². The highest BCUT2D eigenvalue weighted by atomic mass is 32.3. The minimum Gasteiger partial charge on any atom is -0.319 e. The van der Waals surface area contributed by atoms with E-state index in [1.165, 1.54) is 5.57 Å². The van der Waals surface area contributed by atoms with Crippen LogP contribution in [0.5, 0.6) is 0 Å². The summed E-state index contributed by atoms with van der Waals surface area (Å²) in [6.45, 7) is 5.19. The summed E-state index contributed by atoms with van der Waals surface area (Å²) in [7, 11) is -4.67. The van der Waals surface area contributed by atoms with E-state index in [1.807, 2.05) is 11.1 Å². The highest BCUT2D eigenvalue weighted by Gasteiger charge is 2.17. The molecule has 0 aliphatic carbocycles. The van der Waals surface area contributed by atoms with Gasteiger partial charge in [-0.3, -0.25) is 13.9 Å². The normalized spacial score (nSPS) is 15.3. The third-order valence-electron chi connectivity index (χ3n) is 2.36. The van der Waals surface area contributed by atoms with E-state index in [1.54, 1.807) is 0 Å². The van der Waals surface area contributed by atoms with Crippen LogP contribution in [0, 0.1) is 0 Å². The molecule has 0 aromatic rings. The summed E-state index contributed by atoms with van der Waals surface area (Å²) in [6.07, 6.45) is 5.91. The van der Waals surface area contributed by atoms with Crippen molar-refractivity contribution in [2.75, 3.05) is 6.54 Å². The lowest BCUT2D eigenvalue weighted by atomic mass is 10.2. The molecule has 0 unspecified atom stereocenters. The Labute approximate surface area is 102 Å². The summed E-state index contributed by atoms with van der Waals surface area (Å²) in [4.78, 5) is 13.1. The lowest BCUT2D eigenvalue weighted by Crippen LogP contribution is -2.18. The lowest BCUT2D eigenvalue weighted by molar-refractivity contribution is -0.125. The van der Waals surface area contributed by atoms with Crippen LogP contribution in [0.25, 0.3) is 0 Å². The van der Waals surface area contributed by atoms with Crippen LogP contribution in [-0.2, 0) is 15.2 Å². The van der Waals surface area contributed by atoms with E-state index in [0.29, 0.717) is 0 Å². The van der Waals surface area contributed by atoms with Crippen molar-refractivity contribution in [1.29, 1.82) is 0 Å². The van der Waals surface area contributed by atoms with Crippen molar-refractivity contribution in [2.24, 2.45) is 0 Å². The molecule has 7 heteroatoms. The molecule has 17 heavy (non-hydrogen) atoms. The molecule has 100 valence electrons. The maximum Gasteiger partial charge on any atom is 0.394 e. The topological polar surface area (TPSA) is 94.9 Å². The van der Waals surface area contributed by atoms with Gasteiger partial charge >= 0.3 is 10.4 Å². The lowest BCUT2D eigenvalue weighted by Gasteiger charge is -2.11. The van der Waals surface area contributed by atoms with Crippen LogP contribution in [0.1, 0.15) is 39.5 Å². The summed E-state index contributed by atoms with van der Waals surface area (Å²) in [5.74, 6) is 0.286. The van der Waals surface area contributed by atoms with Gasteiger partial charge in [-0.1, -0.05) is 19.4 Å². The first-order valence-corrected chi connectivity index (χ1v) is 6.86. The van der Waals surface area contributed by atoms with Crippen molar-refractivity contribution < 1.29 is 22.3 Å². The highest BCUT2D eigenvalue weighted by Crippen LogP contribution is 2.14. The minimum atomic E-state index is -4.67. The fraction of sp³-hybridized carbons (Fsp3) is 0.700. The molecule has 0 aromatic carbocycles. The average molecular weight is 265 g/mol. The van der Waals surface area contributed by atoms with E-state index < -0.39 is 10.4 Å². The van der Waals surface area contributed by atoms with Crippen molar-refractivity contribution in [1.82, 2.24) is 4.90 Å². The van der Waals surface area contributed by atoms with E-state index in [4.69, 9.17) is 17.5 Å². The van der Waals surface area contributed by atoms with Gasteiger partial charge in [0.15, 0.2) is 0 Å². The zero-order valence-electron chi connectivity index (χ0n) is 10.1. The van der Waals surface area contributed by atoms with Crippen molar-refractivity contribution in [3.8, 4) is 0 Å². The molecule has 6 nitrogen and oxygen atoms in total. The van der Waals surface area contributed by atoms with Gasteiger partial charge in [0.05, 0.1) is 0 Å². The number of likely N-dealkylation sites (tertiary alicyclic amines) is 1. The molecule has 1 fully saturated rings. The number of rotatable bonds is 3. The Morgan fingerprint density at radius 1 is 1.35 bits per heavy atom. The van der Waals surface area contributed by atoms with Crippen LogP contribution in [0.4, 0.5) is 0 Å². The fourth-order valence-corrected chi connectivity index (χ4v) is 1.46. The van der Waals surface area contributed by atoms with Crippen LogP contribution in [0.15, 0.2) is 11.8 Å². The van der Waals surface area contributed by atoms with Crippen LogP contribution < -0.4 is 0 Å².